The van der Waals surface area contributed by atoms with Gasteiger partial charge in [-0.25, -0.2) is 4.57 Å². The van der Waals surface area contributed by atoms with Gasteiger partial charge in [0.25, 0.3) is 0 Å². The zero-order valence-corrected chi connectivity index (χ0v) is 48.8. The fourth-order valence-electron chi connectivity index (χ4n) is 9.05. The first-order valence-electron chi connectivity index (χ1n) is 31.1. The first kappa shape index (κ1) is 71.0. The van der Waals surface area contributed by atoms with Crippen molar-refractivity contribution in [1.29, 1.82) is 0 Å². The van der Waals surface area contributed by atoms with E-state index < -0.39 is 26.5 Å². The number of carbonyl (C=O) groups excluding carboxylic acids is 2. The van der Waals surface area contributed by atoms with Crippen LogP contribution in [0.2, 0.25) is 0 Å². The molecule has 0 aromatic rings. The van der Waals surface area contributed by atoms with Gasteiger partial charge in [0, 0.05) is 19.4 Å². The van der Waals surface area contributed by atoms with Crippen molar-refractivity contribution in [2.75, 3.05) is 26.4 Å². The predicted molar refractivity (Wildman–Crippen MR) is 312 cm³/mol. The van der Waals surface area contributed by atoms with Crippen LogP contribution in [0.3, 0.4) is 0 Å². The summed E-state index contributed by atoms with van der Waals surface area (Å²) >= 11 is 0. The highest BCUT2D eigenvalue weighted by atomic mass is 31.2. The van der Waals surface area contributed by atoms with Gasteiger partial charge < -0.3 is 20.1 Å². The zero-order valence-electron chi connectivity index (χ0n) is 47.9. The second kappa shape index (κ2) is 59.2. The van der Waals surface area contributed by atoms with E-state index in [-0.39, 0.29) is 38.6 Å². The van der Waals surface area contributed by atoms with Gasteiger partial charge in [0.15, 0.2) is 6.10 Å². The lowest BCUT2D eigenvalue weighted by Crippen LogP contribution is -2.29. The summed E-state index contributed by atoms with van der Waals surface area (Å²) < 4.78 is 33.0. The molecule has 2 unspecified atom stereocenters. The van der Waals surface area contributed by atoms with Gasteiger partial charge in [0.1, 0.15) is 6.61 Å². The number of hydrogen-bond donors (Lipinski definition) is 2. The third kappa shape index (κ3) is 59.1. The van der Waals surface area contributed by atoms with E-state index in [0.29, 0.717) is 6.42 Å². The molecular formula is C63H118NO8P. The van der Waals surface area contributed by atoms with E-state index in [9.17, 15) is 19.0 Å². The Hall–Kier alpha value is -2.03. The first-order chi connectivity index (χ1) is 35.8. The summed E-state index contributed by atoms with van der Waals surface area (Å²) in [4.78, 5) is 35.2. The van der Waals surface area contributed by atoms with E-state index in [1.54, 1.807) is 0 Å². The molecule has 0 heterocycles. The topological polar surface area (TPSA) is 134 Å². The Kier molecular flexibility index (Phi) is 57.6. The van der Waals surface area contributed by atoms with E-state index in [4.69, 9.17) is 24.3 Å². The number of ether oxygens (including phenoxy) is 2. The van der Waals surface area contributed by atoms with Crippen LogP contribution in [-0.4, -0.2) is 49.3 Å². The standard InChI is InChI=1S/C63H118NO8P/c1-3-5-7-9-11-13-15-17-19-21-22-23-24-25-26-27-28-29-30-31-32-33-34-35-36-37-38-40-42-44-46-48-50-52-54-56-63(66)72-61(60-71-73(67,68)70-58-57-64)59-69-62(65)55-53-51-49-47-45-43-41-39-20-18-16-14-12-10-8-6-4-2/h12,14-15,17-18,20-22,61H,3-11,13,16,19,23-60,64H2,1-2H3,(H,67,68)/b14-12-,17-15-,20-18-,22-21-. The van der Waals surface area contributed by atoms with Crippen LogP contribution >= 0.6 is 7.82 Å². The summed E-state index contributed by atoms with van der Waals surface area (Å²) in [6.07, 6.45) is 73.3. The summed E-state index contributed by atoms with van der Waals surface area (Å²) in [5.74, 6) is -0.824. The van der Waals surface area contributed by atoms with Crippen molar-refractivity contribution in [3.05, 3.63) is 48.6 Å². The molecule has 9 nitrogen and oxygen atoms in total. The van der Waals surface area contributed by atoms with E-state index >= 15 is 0 Å². The quantitative estimate of drug-likeness (QED) is 0.0264. The van der Waals surface area contributed by atoms with E-state index in [1.807, 2.05) is 0 Å². The molecule has 0 amide bonds. The summed E-state index contributed by atoms with van der Waals surface area (Å²) in [6.45, 7) is 3.74. The summed E-state index contributed by atoms with van der Waals surface area (Å²) in [6, 6.07) is 0. The van der Waals surface area contributed by atoms with Gasteiger partial charge in [-0.3, -0.25) is 18.6 Å². The largest absolute Gasteiger partial charge is 0.472 e. The van der Waals surface area contributed by atoms with Crippen molar-refractivity contribution in [2.24, 2.45) is 5.73 Å². The SMILES string of the molecule is CCCCC/C=C\C/C=C\CCCCCCCCCC(=O)OCC(COP(=O)(O)OCCN)OC(=O)CCCCCCCCCCCCCCCCCCCCCCCCC/C=C\C/C=C\CCCCCCC. The van der Waals surface area contributed by atoms with E-state index in [0.717, 1.165) is 57.8 Å². The maximum absolute atomic E-state index is 12.7. The van der Waals surface area contributed by atoms with Crippen LogP contribution < -0.4 is 5.73 Å². The maximum atomic E-state index is 12.7. The molecule has 0 rings (SSSR count). The molecule has 0 aliphatic heterocycles. The number of carbonyl (C=O) groups is 2. The minimum atomic E-state index is -4.39. The Morgan fingerprint density at radius 3 is 1.07 bits per heavy atom. The number of phosphoric acid groups is 1. The smallest absolute Gasteiger partial charge is 0.462 e. The first-order valence-corrected chi connectivity index (χ1v) is 32.6. The van der Waals surface area contributed by atoms with Gasteiger partial charge in [0.2, 0.25) is 0 Å². The monoisotopic (exact) mass is 1050 g/mol. The molecule has 0 saturated carbocycles. The fraction of sp³-hybridized carbons (Fsp3) is 0.841. The number of nitrogens with two attached hydrogens (primary N) is 1. The molecule has 73 heavy (non-hydrogen) atoms. The Balaban J connectivity index is 3.83. The Labute approximate surface area is 451 Å². The van der Waals surface area contributed by atoms with Gasteiger partial charge in [0.05, 0.1) is 13.2 Å². The van der Waals surface area contributed by atoms with Crippen LogP contribution in [0.5, 0.6) is 0 Å². The Morgan fingerprint density at radius 1 is 0.411 bits per heavy atom. The number of allylic oxidation sites excluding steroid dienone is 8. The highest BCUT2D eigenvalue weighted by Crippen LogP contribution is 2.43. The van der Waals surface area contributed by atoms with Crippen LogP contribution in [0.25, 0.3) is 0 Å². The summed E-state index contributed by atoms with van der Waals surface area (Å²) in [5.41, 5.74) is 5.38. The van der Waals surface area contributed by atoms with Crippen molar-refractivity contribution in [3.8, 4) is 0 Å². The van der Waals surface area contributed by atoms with Crippen LogP contribution in [0.15, 0.2) is 48.6 Å². The lowest BCUT2D eigenvalue weighted by molar-refractivity contribution is -0.161. The second-order valence-corrected chi connectivity index (χ2v) is 22.4. The van der Waals surface area contributed by atoms with Crippen molar-refractivity contribution in [3.63, 3.8) is 0 Å². The van der Waals surface area contributed by atoms with Crippen molar-refractivity contribution in [1.82, 2.24) is 0 Å². The number of hydrogen-bond acceptors (Lipinski definition) is 8. The maximum Gasteiger partial charge on any atom is 0.472 e. The minimum Gasteiger partial charge on any atom is -0.462 e. The van der Waals surface area contributed by atoms with Crippen molar-refractivity contribution < 1.29 is 37.6 Å². The van der Waals surface area contributed by atoms with Gasteiger partial charge in [-0.15, -0.1) is 0 Å². The molecule has 0 aliphatic carbocycles. The van der Waals surface area contributed by atoms with Crippen LogP contribution in [0, 0.1) is 0 Å². The molecule has 3 N–H and O–H groups in total. The molecule has 0 saturated heterocycles. The fourth-order valence-corrected chi connectivity index (χ4v) is 9.82. The average molecular weight is 1050 g/mol. The zero-order chi connectivity index (χ0) is 53.1. The van der Waals surface area contributed by atoms with Crippen LogP contribution in [0.1, 0.15) is 309 Å². The van der Waals surface area contributed by atoms with E-state index in [2.05, 4.69) is 62.5 Å². The molecule has 0 radical (unpaired) electrons. The third-order valence-corrected chi connectivity index (χ3v) is 14.7. The van der Waals surface area contributed by atoms with Crippen molar-refractivity contribution >= 4 is 19.8 Å². The molecule has 0 aromatic carbocycles. The average Bonchev–Trinajstić information content (AvgIpc) is 3.38. The van der Waals surface area contributed by atoms with E-state index in [1.165, 1.54) is 218 Å². The summed E-state index contributed by atoms with van der Waals surface area (Å²) in [5, 5.41) is 0. The lowest BCUT2D eigenvalue weighted by atomic mass is 10.0. The molecule has 0 aromatic heterocycles. The molecule has 0 fully saturated rings. The van der Waals surface area contributed by atoms with Gasteiger partial charge in [-0.05, 0) is 77.0 Å². The molecule has 0 bridgehead atoms. The number of esters is 2. The van der Waals surface area contributed by atoms with Gasteiger partial charge in [-0.1, -0.05) is 268 Å². The molecule has 10 heteroatoms. The Bertz CT molecular complexity index is 1330. The molecule has 0 aliphatic rings. The molecular weight excluding hydrogens is 930 g/mol. The minimum absolute atomic E-state index is 0.0530. The summed E-state index contributed by atoms with van der Waals surface area (Å²) in [7, 11) is -4.39. The van der Waals surface area contributed by atoms with Gasteiger partial charge >= 0.3 is 19.8 Å². The number of unbranched alkanes of at least 4 members (excludes halogenated alkanes) is 38. The molecule has 0 spiro atoms. The lowest BCUT2D eigenvalue weighted by Gasteiger charge is -2.19. The van der Waals surface area contributed by atoms with Crippen molar-refractivity contribution in [2.45, 2.75) is 315 Å². The van der Waals surface area contributed by atoms with Gasteiger partial charge in [-0.2, -0.15) is 0 Å². The Morgan fingerprint density at radius 2 is 0.712 bits per heavy atom. The molecule has 2 atom stereocenters. The second-order valence-electron chi connectivity index (χ2n) is 20.9. The highest BCUT2D eigenvalue weighted by Gasteiger charge is 2.26. The predicted octanol–water partition coefficient (Wildman–Crippen LogP) is 19.7. The highest BCUT2D eigenvalue weighted by molar-refractivity contribution is 7.47. The van der Waals surface area contributed by atoms with Crippen LogP contribution in [-0.2, 0) is 32.7 Å². The van der Waals surface area contributed by atoms with Crippen LogP contribution in [0.4, 0.5) is 0 Å². The normalized spacial score (nSPS) is 13.3. The molecule has 428 valence electrons. The number of rotatable bonds is 59. The third-order valence-electron chi connectivity index (χ3n) is 13.7. The number of phosphoric ester groups is 1.